The molecule has 0 aromatic carbocycles. The van der Waals surface area contributed by atoms with Gasteiger partial charge in [0.2, 0.25) is 0 Å². The van der Waals surface area contributed by atoms with Crippen molar-refractivity contribution in [1.29, 1.82) is 0 Å². The monoisotopic (exact) mass is 182 g/mol. The molecule has 1 aliphatic rings. The average Bonchev–Trinajstić information content (AvgIpc) is 2.48. The Morgan fingerprint density at radius 2 is 2.31 bits per heavy atom. The molecule has 0 saturated heterocycles. The van der Waals surface area contributed by atoms with E-state index in [-0.39, 0.29) is 11.9 Å². The van der Waals surface area contributed by atoms with Crippen molar-refractivity contribution < 1.29 is 9.63 Å². The standard InChI is InChI=1S/C9H14N2O2/c1-11(2)6-4-3-5-7-8(6)9(12)10-13-7/h6H,3-5H2,1-2H3,(H,10,12)/t6-/m1/s1. The van der Waals surface area contributed by atoms with Crippen molar-refractivity contribution in [2.24, 2.45) is 0 Å². The van der Waals surface area contributed by atoms with E-state index >= 15 is 0 Å². The second-order valence-electron chi connectivity index (χ2n) is 3.71. The topological polar surface area (TPSA) is 49.5 Å². The van der Waals surface area contributed by atoms with Crippen LogP contribution in [0.3, 0.4) is 0 Å². The summed E-state index contributed by atoms with van der Waals surface area (Å²) in [6.07, 6.45) is 3.06. The third-order valence-electron chi connectivity index (χ3n) is 2.62. The van der Waals surface area contributed by atoms with Gasteiger partial charge in [0.15, 0.2) is 0 Å². The molecule has 0 fully saturated rings. The van der Waals surface area contributed by atoms with Crippen LogP contribution in [0.1, 0.15) is 30.2 Å². The molecule has 4 nitrogen and oxygen atoms in total. The lowest BCUT2D eigenvalue weighted by Crippen LogP contribution is -2.23. The van der Waals surface area contributed by atoms with Gasteiger partial charge in [-0.15, -0.1) is 0 Å². The van der Waals surface area contributed by atoms with Crippen molar-refractivity contribution in [3.05, 3.63) is 11.3 Å². The number of rotatable bonds is 1. The Hall–Kier alpha value is -1.03. The van der Waals surface area contributed by atoms with E-state index in [1.54, 1.807) is 0 Å². The molecule has 0 unspecified atom stereocenters. The molecule has 0 spiro atoms. The molecule has 13 heavy (non-hydrogen) atoms. The van der Waals surface area contributed by atoms with Crippen LogP contribution in [0, 0.1) is 0 Å². The van der Waals surface area contributed by atoms with E-state index < -0.39 is 0 Å². The Morgan fingerprint density at radius 1 is 1.54 bits per heavy atom. The van der Waals surface area contributed by atoms with E-state index in [0.717, 1.165) is 30.6 Å². The van der Waals surface area contributed by atoms with Gasteiger partial charge in [-0.2, -0.15) is 0 Å². The lowest BCUT2D eigenvalue weighted by molar-refractivity contribution is 0.254. The molecule has 0 aliphatic heterocycles. The molecule has 1 atom stereocenters. The summed E-state index contributed by atoms with van der Waals surface area (Å²) >= 11 is 0. The lowest BCUT2D eigenvalue weighted by atomic mass is 9.92. The van der Waals surface area contributed by atoms with Crippen LogP contribution in [-0.2, 0) is 6.42 Å². The normalized spacial score (nSPS) is 21.9. The van der Waals surface area contributed by atoms with Crippen molar-refractivity contribution >= 4 is 0 Å². The van der Waals surface area contributed by atoms with E-state index in [1.807, 2.05) is 14.1 Å². The van der Waals surface area contributed by atoms with Crippen LogP contribution in [-0.4, -0.2) is 29.3 Å². The van der Waals surface area contributed by atoms with Crippen molar-refractivity contribution in [2.45, 2.75) is 25.3 Å². The molecule has 1 aromatic rings. The van der Waals surface area contributed by atoms with Crippen LogP contribution in [0.2, 0.25) is 0 Å². The Bertz CT molecular complexity index is 307. The molecule has 1 heterocycles. The molecule has 1 aromatic heterocycles. The minimum absolute atomic E-state index is 0.0633. The minimum atomic E-state index is 0.0633. The van der Waals surface area contributed by atoms with Gasteiger partial charge in [0.25, 0.3) is 5.88 Å². The van der Waals surface area contributed by atoms with Crippen LogP contribution in [0.4, 0.5) is 0 Å². The van der Waals surface area contributed by atoms with Crippen LogP contribution in [0.15, 0.2) is 4.52 Å². The number of aromatic hydroxyl groups is 1. The first-order chi connectivity index (χ1) is 6.20. The number of aromatic nitrogens is 1. The quantitative estimate of drug-likeness (QED) is 0.711. The molecule has 72 valence electrons. The van der Waals surface area contributed by atoms with E-state index in [1.165, 1.54) is 0 Å². The van der Waals surface area contributed by atoms with Crippen molar-refractivity contribution in [1.82, 2.24) is 10.1 Å². The number of fused-ring (bicyclic) bond motifs is 1. The van der Waals surface area contributed by atoms with Crippen molar-refractivity contribution in [2.75, 3.05) is 14.1 Å². The molecular weight excluding hydrogens is 168 g/mol. The molecule has 0 bridgehead atoms. The van der Waals surface area contributed by atoms with Crippen LogP contribution in [0.25, 0.3) is 0 Å². The zero-order valence-corrected chi connectivity index (χ0v) is 7.95. The molecule has 1 aliphatic carbocycles. The SMILES string of the molecule is CN(C)[C@@H]1CCCc2onc(O)c21. The summed E-state index contributed by atoms with van der Waals surface area (Å²) < 4.78 is 5.04. The maximum atomic E-state index is 9.48. The van der Waals surface area contributed by atoms with Crippen LogP contribution in [0.5, 0.6) is 5.88 Å². The fraction of sp³-hybridized carbons (Fsp3) is 0.667. The third-order valence-corrected chi connectivity index (χ3v) is 2.62. The fourth-order valence-electron chi connectivity index (χ4n) is 1.95. The number of nitrogens with zero attached hydrogens (tertiary/aromatic N) is 2. The highest BCUT2D eigenvalue weighted by Gasteiger charge is 2.29. The fourth-order valence-corrected chi connectivity index (χ4v) is 1.95. The highest BCUT2D eigenvalue weighted by Crippen LogP contribution is 2.37. The summed E-state index contributed by atoms with van der Waals surface area (Å²) in [4.78, 5) is 2.09. The summed E-state index contributed by atoms with van der Waals surface area (Å²) in [6, 6.07) is 0.259. The summed E-state index contributed by atoms with van der Waals surface area (Å²) in [5, 5.41) is 13.1. The van der Waals surface area contributed by atoms with Crippen molar-refractivity contribution in [3.63, 3.8) is 0 Å². The second-order valence-corrected chi connectivity index (χ2v) is 3.71. The number of hydrogen-bond donors (Lipinski definition) is 1. The van der Waals surface area contributed by atoms with Crippen molar-refractivity contribution in [3.8, 4) is 5.88 Å². The average molecular weight is 182 g/mol. The molecule has 2 rings (SSSR count). The predicted octanol–water partition coefficient (Wildman–Crippen LogP) is 1.32. The van der Waals surface area contributed by atoms with Gasteiger partial charge in [0.05, 0.1) is 5.56 Å². The molecule has 0 saturated carbocycles. The summed E-state index contributed by atoms with van der Waals surface area (Å²) in [5.41, 5.74) is 0.885. The highest BCUT2D eigenvalue weighted by atomic mass is 16.5. The molecule has 4 heteroatoms. The first-order valence-electron chi connectivity index (χ1n) is 4.54. The zero-order valence-electron chi connectivity index (χ0n) is 7.95. The maximum Gasteiger partial charge on any atom is 0.256 e. The van der Waals surface area contributed by atoms with Gasteiger partial charge >= 0.3 is 0 Å². The summed E-state index contributed by atoms with van der Waals surface area (Å²) in [5.74, 6) is 0.913. The highest BCUT2D eigenvalue weighted by molar-refractivity contribution is 5.32. The van der Waals surface area contributed by atoms with Crippen LogP contribution < -0.4 is 0 Å². The van der Waals surface area contributed by atoms with E-state index in [4.69, 9.17) is 4.52 Å². The Kier molecular flexibility index (Phi) is 2.00. The molecular formula is C9H14N2O2. The first-order valence-corrected chi connectivity index (χ1v) is 4.54. The molecule has 0 radical (unpaired) electrons. The Morgan fingerprint density at radius 3 is 3.00 bits per heavy atom. The lowest BCUT2D eigenvalue weighted by Gasteiger charge is -2.26. The Balaban J connectivity index is 2.40. The van der Waals surface area contributed by atoms with Gasteiger partial charge < -0.3 is 14.5 Å². The summed E-state index contributed by atoms with van der Waals surface area (Å²) in [6.45, 7) is 0. The first kappa shape index (κ1) is 8.56. The van der Waals surface area contributed by atoms with E-state index in [0.29, 0.717) is 0 Å². The van der Waals surface area contributed by atoms with Gasteiger partial charge in [-0.3, -0.25) is 0 Å². The van der Waals surface area contributed by atoms with Gasteiger partial charge in [0.1, 0.15) is 5.76 Å². The number of hydrogen-bond acceptors (Lipinski definition) is 4. The minimum Gasteiger partial charge on any atom is -0.491 e. The zero-order chi connectivity index (χ0) is 9.42. The Labute approximate surface area is 77.1 Å². The van der Waals surface area contributed by atoms with Gasteiger partial charge in [-0.1, -0.05) is 0 Å². The van der Waals surface area contributed by atoms with Gasteiger partial charge in [-0.05, 0) is 32.1 Å². The smallest absolute Gasteiger partial charge is 0.256 e. The van der Waals surface area contributed by atoms with E-state index in [9.17, 15) is 5.11 Å². The van der Waals surface area contributed by atoms with E-state index in [2.05, 4.69) is 10.1 Å². The largest absolute Gasteiger partial charge is 0.491 e. The predicted molar refractivity (Wildman–Crippen MR) is 47.5 cm³/mol. The number of aryl methyl sites for hydroxylation is 1. The second kappa shape index (κ2) is 3.03. The molecule has 1 N–H and O–H groups in total. The summed E-state index contributed by atoms with van der Waals surface area (Å²) in [7, 11) is 4.01. The molecule has 0 amide bonds. The van der Waals surface area contributed by atoms with Gasteiger partial charge in [0, 0.05) is 12.5 Å². The van der Waals surface area contributed by atoms with Gasteiger partial charge in [-0.25, -0.2) is 0 Å². The van der Waals surface area contributed by atoms with Crippen LogP contribution >= 0.6 is 0 Å². The maximum absolute atomic E-state index is 9.48. The third kappa shape index (κ3) is 1.31.